The Kier molecular flexibility index (Phi) is 5.38. The molecule has 1 amide bonds. The second-order valence-corrected chi connectivity index (χ2v) is 5.85. The van der Waals surface area contributed by atoms with Crippen LogP contribution in [0.3, 0.4) is 0 Å². The zero-order chi connectivity index (χ0) is 16.8. The van der Waals surface area contributed by atoms with Gasteiger partial charge < -0.3 is 15.1 Å². The minimum atomic E-state index is -0.0344. The lowest BCUT2D eigenvalue weighted by Crippen LogP contribution is -2.48. The highest BCUT2D eigenvalue weighted by Gasteiger charge is 2.22. The van der Waals surface area contributed by atoms with E-state index >= 15 is 0 Å². The zero-order valence-electron chi connectivity index (χ0n) is 14.0. The number of aromatic nitrogens is 2. The third-order valence-corrected chi connectivity index (χ3v) is 4.29. The van der Waals surface area contributed by atoms with Crippen molar-refractivity contribution in [2.75, 3.05) is 38.0 Å². The van der Waals surface area contributed by atoms with Crippen molar-refractivity contribution in [1.29, 1.82) is 0 Å². The SMILES string of the molecule is CCN1CCN(C(=O)c2cnc(NCc3ccccc3)cn2)CC1. The molecule has 24 heavy (non-hydrogen) atoms. The molecular formula is C18H23N5O. The van der Waals surface area contributed by atoms with Crippen LogP contribution in [0.25, 0.3) is 0 Å². The number of amides is 1. The number of hydrogen-bond donors (Lipinski definition) is 1. The average molecular weight is 325 g/mol. The number of nitrogens with zero attached hydrogens (tertiary/aromatic N) is 4. The van der Waals surface area contributed by atoms with Crippen molar-refractivity contribution in [3.63, 3.8) is 0 Å². The molecule has 1 aromatic carbocycles. The van der Waals surface area contributed by atoms with E-state index in [1.54, 1.807) is 12.4 Å². The number of anilines is 1. The van der Waals surface area contributed by atoms with Crippen LogP contribution in [0.15, 0.2) is 42.7 Å². The molecule has 0 atom stereocenters. The van der Waals surface area contributed by atoms with Crippen LogP contribution < -0.4 is 5.32 Å². The van der Waals surface area contributed by atoms with Gasteiger partial charge in [-0.25, -0.2) is 9.97 Å². The second kappa shape index (κ2) is 7.88. The quantitative estimate of drug-likeness (QED) is 0.909. The molecule has 0 saturated carbocycles. The highest BCUT2D eigenvalue weighted by Crippen LogP contribution is 2.09. The summed E-state index contributed by atoms with van der Waals surface area (Å²) in [5.74, 6) is 0.638. The van der Waals surface area contributed by atoms with Gasteiger partial charge in [0, 0.05) is 32.7 Å². The lowest BCUT2D eigenvalue weighted by atomic mass is 10.2. The van der Waals surface area contributed by atoms with Gasteiger partial charge in [0.25, 0.3) is 5.91 Å². The van der Waals surface area contributed by atoms with Gasteiger partial charge in [-0.1, -0.05) is 37.3 Å². The predicted molar refractivity (Wildman–Crippen MR) is 93.8 cm³/mol. The summed E-state index contributed by atoms with van der Waals surface area (Å²) in [7, 11) is 0. The summed E-state index contributed by atoms with van der Waals surface area (Å²) in [5.41, 5.74) is 1.58. The predicted octanol–water partition coefficient (Wildman–Crippen LogP) is 1.87. The van der Waals surface area contributed by atoms with E-state index in [4.69, 9.17) is 0 Å². The molecule has 0 aliphatic carbocycles. The van der Waals surface area contributed by atoms with Crippen LogP contribution in [-0.4, -0.2) is 58.4 Å². The smallest absolute Gasteiger partial charge is 0.274 e. The molecule has 1 fully saturated rings. The topological polar surface area (TPSA) is 61.4 Å². The van der Waals surface area contributed by atoms with Gasteiger partial charge in [0.15, 0.2) is 0 Å². The molecule has 6 heteroatoms. The number of piperazine rings is 1. The van der Waals surface area contributed by atoms with Crippen molar-refractivity contribution in [1.82, 2.24) is 19.8 Å². The Morgan fingerprint density at radius 2 is 1.83 bits per heavy atom. The van der Waals surface area contributed by atoms with E-state index in [-0.39, 0.29) is 5.91 Å². The van der Waals surface area contributed by atoms with Crippen LogP contribution in [-0.2, 0) is 6.54 Å². The Hall–Kier alpha value is -2.47. The highest BCUT2D eigenvalue weighted by atomic mass is 16.2. The van der Waals surface area contributed by atoms with Crippen molar-refractivity contribution >= 4 is 11.7 Å². The Balaban J connectivity index is 1.55. The van der Waals surface area contributed by atoms with Gasteiger partial charge in [0.1, 0.15) is 11.5 Å². The van der Waals surface area contributed by atoms with E-state index in [0.717, 1.165) is 32.7 Å². The van der Waals surface area contributed by atoms with Crippen molar-refractivity contribution < 1.29 is 4.79 Å². The number of hydrogen-bond acceptors (Lipinski definition) is 5. The molecule has 0 radical (unpaired) electrons. The van der Waals surface area contributed by atoms with E-state index in [9.17, 15) is 4.79 Å². The Labute approximate surface area is 142 Å². The summed E-state index contributed by atoms with van der Waals surface area (Å²) in [5, 5.41) is 3.21. The average Bonchev–Trinajstić information content (AvgIpc) is 2.67. The largest absolute Gasteiger partial charge is 0.365 e. The number of nitrogens with one attached hydrogen (secondary N) is 1. The maximum absolute atomic E-state index is 12.5. The fourth-order valence-corrected chi connectivity index (χ4v) is 2.75. The van der Waals surface area contributed by atoms with Gasteiger partial charge in [0.05, 0.1) is 12.4 Å². The van der Waals surface area contributed by atoms with Crippen LogP contribution in [0.4, 0.5) is 5.82 Å². The molecule has 0 unspecified atom stereocenters. The van der Waals surface area contributed by atoms with Gasteiger partial charge in [-0.2, -0.15) is 0 Å². The van der Waals surface area contributed by atoms with Crippen LogP contribution in [0.5, 0.6) is 0 Å². The zero-order valence-corrected chi connectivity index (χ0v) is 14.0. The third kappa shape index (κ3) is 4.08. The summed E-state index contributed by atoms with van der Waals surface area (Å²) >= 11 is 0. The molecule has 1 N–H and O–H groups in total. The monoisotopic (exact) mass is 325 g/mol. The van der Waals surface area contributed by atoms with Gasteiger partial charge in [0.2, 0.25) is 0 Å². The lowest BCUT2D eigenvalue weighted by molar-refractivity contribution is 0.0637. The Morgan fingerprint density at radius 3 is 2.46 bits per heavy atom. The molecule has 3 rings (SSSR count). The highest BCUT2D eigenvalue weighted by molar-refractivity contribution is 5.92. The van der Waals surface area contributed by atoms with Crippen LogP contribution in [0, 0.1) is 0 Å². The van der Waals surface area contributed by atoms with Crippen LogP contribution in [0.2, 0.25) is 0 Å². The molecule has 0 spiro atoms. The van der Waals surface area contributed by atoms with Crippen LogP contribution >= 0.6 is 0 Å². The second-order valence-electron chi connectivity index (χ2n) is 5.85. The maximum Gasteiger partial charge on any atom is 0.274 e. The molecular weight excluding hydrogens is 302 g/mol. The third-order valence-electron chi connectivity index (χ3n) is 4.29. The van der Waals surface area contributed by atoms with Gasteiger partial charge in [-0.15, -0.1) is 0 Å². The van der Waals surface area contributed by atoms with E-state index in [0.29, 0.717) is 18.1 Å². The first-order chi connectivity index (χ1) is 11.8. The number of rotatable bonds is 5. The molecule has 0 bridgehead atoms. The molecule has 1 aliphatic heterocycles. The van der Waals surface area contributed by atoms with Crippen molar-refractivity contribution in [3.05, 3.63) is 54.0 Å². The van der Waals surface area contributed by atoms with Crippen molar-refractivity contribution in [2.24, 2.45) is 0 Å². The van der Waals surface area contributed by atoms with E-state index in [2.05, 4.69) is 27.1 Å². The van der Waals surface area contributed by atoms with E-state index < -0.39 is 0 Å². The van der Waals surface area contributed by atoms with E-state index in [1.807, 2.05) is 35.2 Å². The standard InChI is InChI=1S/C18H23N5O/c1-2-22-8-10-23(11-9-22)18(24)16-13-21-17(14-19-16)20-12-15-6-4-3-5-7-15/h3-7,13-14H,2,8-12H2,1H3,(H,20,21). The number of likely N-dealkylation sites (N-methyl/N-ethyl adjacent to an activating group) is 1. The lowest BCUT2D eigenvalue weighted by Gasteiger charge is -2.33. The molecule has 1 aromatic heterocycles. The van der Waals surface area contributed by atoms with Crippen molar-refractivity contribution in [2.45, 2.75) is 13.5 Å². The van der Waals surface area contributed by atoms with E-state index in [1.165, 1.54) is 5.56 Å². The first kappa shape index (κ1) is 16.4. The first-order valence-corrected chi connectivity index (χ1v) is 8.37. The summed E-state index contributed by atoms with van der Waals surface area (Å²) in [6, 6.07) is 10.1. The summed E-state index contributed by atoms with van der Waals surface area (Å²) in [4.78, 5) is 25.2. The first-order valence-electron chi connectivity index (χ1n) is 8.37. The Bertz CT molecular complexity index is 651. The van der Waals surface area contributed by atoms with Gasteiger partial charge >= 0.3 is 0 Å². The van der Waals surface area contributed by atoms with Gasteiger partial charge in [-0.3, -0.25) is 4.79 Å². The minimum Gasteiger partial charge on any atom is -0.365 e. The van der Waals surface area contributed by atoms with Crippen molar-refractivity contribution in [3.8, 4) is 0 Å². The number of carbonyl (C=O) groups excluding carboxylic acids is 1. The molecule has 6 nitrogen and oxygen atoms in total. The maximum atomic E-state index is 12.5. The minimum absolute atomic E-state index is 0.0344. The van der Waals surface area contributed by atoms with Crippen LogP contribution in [0.1, 0.15) is 23.0 Å². The summed E-state index contributed by atoms with van der Waals surface area (Å²) in [6.45, 7) is 7.21. The molecule has 2 heterocycles. The Morgan fingerprint density at radius 1 is 1.08 bits per heavy atom. The normalized spacial score (nSPS) is 15.3. The molecule has 1 saturated heterocycles. The molecule has 1 aliphatic rings. The fourth-order valence-electron chi connectivity index (χ4n) is 2.75. The number of carbonyl (C=O) groups is 1. The summed E-state index contributed by atoms with van der Waals surface area (Å²) < 4.78 is 0. The fraction of sp³-hybridized carbons (Fsp3) is 0.389. The summed E-state index contributed by atoms with van der Waals surface area (Å²) in [6.07, 6.45) is 3.18. The van der Waals surface area contributed by atoms with Gasteiger partial charge in [-0.05, 0) is 12.1 Å². The number of benzene rings is 1. The molecule has 126 valence electrons. The molecule has 2 aromatic rings.